The highest BCUT2D eigenvalue weighted by atomic mass is 16.5. The lowest BCUT2D eigenvalue weighted by Crippen LogP contribution is -2.42. The fourth-order valence-electron chi connectivity index (χ4n) is 3.23. The van der Waals surface area contributed by atoms with Crippen LogP contribution in [0.15, 0.2) is 0 Å². The molecule has 0 spiro atoms. The lowest BCUT2D eigenvalue weighted by molar-refractivity contribution is 0.0289. The summed E-state index contributed by atoms with van der Waals surface area (Å²) in [5.41, 5.74) is 0. The molecule has 0 atom stereocenters. The highest BCUT2D eigenvalue weighted by molar-refractivity contribution is 4.82. The Kier molecular flexibility index (Phi) is 5.11. The highest BCUT2D eigenvalue weighted by Gasteiger charge is 2.23. The molecule has 94 valence electrons. The molecule has 2 rings (SSSR count). The molecule has 2 aliphatic carbocycles. The van der Waals surface area contributed by atoms with Gasteiger partial charge in [0.25, 0.3) is 0 Å². The first-order valence-electron chi connectivity index (χ1n) is 7.26. The summed E-state index contributed by atoms with van der Waals surface area (Å²) in [6.07, 6.45) is 12.9. The Morgan fingerprint density at radius 2 is 1.50 bits per heavy atom. The van der Waals surface area contributed by atoms with Crippen molar-refractivity contribution in [3.8, 4) is 0 Å². The Bertz CT molecular complexity index is 181. The van der Waals surface area contributed by atoms with Gasteiger partial charge in [0.05, 0.1) is 6.10 Å². The number of ether oxygens (including phenoxy) is 1. The van der Waals surface area contributed by atoms with Gasteiger partial charge in [0.2, 0.25) is 0 Å². The minimum Gasteiger partial charge on any atom is -0.379 e. The summed E-state index contributed by atoms with van der Waals surface area (Å²) >= 11 is 0. The van der Waals surface area contributed by atoms with Crippen LogP contribution < -0.4 is 5.32 Å². The third kappa shape index (κ3) is 3.74. The first-order valence-corrected chi connectivity index (χ1v) is 7.26. The van der Waals surface area contributed by atoms with Crippen molar-refractivity contribution < 1.29 is 4.74 Å². The minimum absolute atomic E-state index is 0.550. The van der Waals surface area contributed by atoms with Crippen molar-refractivity contribution in [3.05, 3.63) is 0 Å². The predicted octanol–water partition coefficient (Wildman–Crippen LogP) is 3.26. The Morgan fingerprint density at radius 1 is 0.875 bits per heavy atom. The lowest BCUT2D eigenvalue weighted by Gasteiger charge is -2.33. The standard InChI is InChI=1S/C14H27NO/c1-2-16-14-10-8-13(9-11-14)15-12-6-4-3-5-7-12/h12-15H,2-11H2,1H3. The molecule has 2 fully saturated rings. The molecule has 0 heterocycles. The summed E-state index contributed by atoms with van der Waals surface area (Å²) in [6, 6.07) is 1.60. The lowest BCUT2D eigenvalue weighted by atomic mass is 9.89. The molecule has 2 heteroatoms. The normalized spacial score (nSPS) is 32.8. The maximum absolute atomic E-state index is 5.69. The van der Waals surface area contributed by atoms with Gasteiger partial charge in [-0.25, -0.2) is 0 Å². The van der Waals surface area contributed by atoms with Gasteiger partial charge in [-0.1, -0.05) is 19.3 Å². The summed E-state index contributed by atoms with van der Waals surface area (Å²) in [5, 5.41) is 3.86. The van der Waals surface area contributed by atoms with Crippen LogP contribution in [0, 0.1) is 0 Å². The minimum atomic E-state index is 0.550. The second-order valence-corrected chi connectivity index (χ2v) is 5.43. The van der Waals surface area contributed by atoms with Crippen LogP contribution in [-0.2, 0) is 4.74 Å². The summed E-state index contributed by atoms with van der Waals surface area (Å²) in [7, 11) is 0. The molecule has 2 saturated carbocycles. The Morgan fingerprint density at radius 3 is 2.12 bits per heavy atom. The molecule has 0 aromatic carbocycles. The molecule has 2 aliphatic rings. The smallest absolute Gasteiger partial charge is 0.0576 e. The molecule has 0 amide bonds. The second-order valence-electron chi connectivity index (χ2n) is 5.43. The second kappa shape index (κ2) is 6.61. The average Bonchev–Trinajstić information content (AvgIpc) is 2.33. The number of nitrogens with one attached hydrogen (secondary N) is 1. The van der Waals surface area contributed by atoms with Gasteiger partial charge in [-0.2, -0.15) is 0 Å². The zero-order chi connectivity index (χ0) is 11.2. The highest BCUT2D eigenvalue weighted by Crippen LogP contribution is 2.24. The molecule has 16 heavy (non-hydrogen) atoms. The van der Waals surface area contributed by atoms with E-state index in [1.165, 1.54) is 57.8 Å². The van der Waals surface area contributed by atoms with Gasteiger partial charge in [0, 0.05) is 18.7 Å². The van der Waals surface area contributed by atoms with Gasteiger partial charge in [-0.05, 0) is 45.4 Å². The topological polar surface area (TPSA) is 21.3 Å². The van der Waals surface area contributed by atoms with Crippen LogP contribution in [0.25, 0.3) is 0 Å². The Hall–Kier alpha value is -0.0800. The van der Waals surface area contributed by atoms with E-state index in [9.17, 15) is 0 Å². The van der Waals surface area contributed by atoms with Gasteiger partial charge >= 0.3 is 0 Å². The van der Waals surface area contributed by atoms with E-state index in [-0.39, 0.29) is 0 Å². The molecule has 1 N–H and O–H groups in total. The maximum atomic E-state index is 5.69. The van der Waals surface area contributed by atoms with Crippen LogP contribution in [0.3, 0.4) is 0 Å². The van der Waals surface area contributed by atoms with E-state index in [0.29, 0.717) is 6.10 Å². The Balaban J connectivity index is 1.64. The molecule has 0 aromatic heterocycles. The van der Waals surface area contributed by atoms with E-state index in [2.05, 4.69) is 12.2 Å². The molecular formula is C14H27NO. The van der Waals surface area contributed by atoms with Crippen molar-refractivity contribution in [2.75, 3.05) is 6.61 Å². The molecule has 0 radical (unpaired) electrons. The molecule has 0 unspecified atom stereocenters. The van der Waals surface area contributed by atoms with Gasteiger partial charge in [0.15, 0.2) is 0 Å². The molecule has 0 aromatic rings. The molecule has 2 nitrogen and oxygen atoms in total. The van der Waals surface area contributed by atoms with Crippen molar-refractivity contribution in [1.82, 2.24) is 5.32 Å². The summed E-state index contributed by atoms with van der Waals surface area (Å²) in [6.45, 7) is 2.98. The van der Waals surface area contributed by atoms with E-state index < -0.39 is 0 Å². The fourth-order valence-corrected chi connectivity index (χ4v) is 3.23. The molecule has 0 bridgehead atoms. The monoisotopic (exact) mass is 225 g/mol. The van der Waals surface area contributed by atoms with Gasteiger partial charge in [-0.3, -0.25) is 0 Å². The van der Waals surface area contributed by atoms with Gasteiger partial charge in [0.1, 0.15) is 0 Å². The molecular weight excluding hydrogens is 198 g/mol. The van der Waals surface area contributed by atoms with Crippen molar-refractivity contribution in [2.24, 2.45) is 0 Å². The zero-order valence-corrected chi connectivity index (χ0v) is 10.7. The van der Waals surface area contributed by atoms with Gasteiger partial charge in [-0.15, -0.1) is 0 Å². The van der Waals surface area contributed by atoms with Crippen LogP contribution in [0.5, 0.6) is 0 Å². The van der Waals surface area contributed by atoms with E-state index >= 15 is 0 Å². The first-order chi connectivity index (χ1) is 7.88. The summed E-state index contributed by atoms with van der Waals surface area (Å²) in [4.78, 5) is 0. The number of hydrogen-bond donors (Lipinski definition) is 1. The van der Waals surface area contributed by atoms with Crippen molar-refractivity contribution >= 4 is 0 Å². The van der Waals surface area contributed by atoms with Crippen LogP contribution in [0.1, 0.15) is 64.7 Å². The predicted molar refractivity (Wildman–Crippen MR) is 67.7 cm³/mol. The largest absolute Gasteiger partial charge is 0.379 e. The van der Waals surface area contributed by atoms with Crippen LogP contribution >= 0.6 is 0 Å². The molecule has 0 aliphatic heterocycles. The third-order valence-electron chi connectivity index (χ3n) is 4.15. The quantitative estimate of drug-likeness (QED) is 0.793. The van der Waals surface area contributed by atoms with E-state index in [1.807, 2.05) is 0 Å². The fraction of sp³-hybridized carbons (Fsp3) is 1.00. The van der Waals surface area contributed by atoms with Crippen molar-refractivity contribution in [1.29, 1.82) is 0 Å². The zero-order valence-electron chi connectivity index (χ0n) is 10.7. The maximum Gasteiger partial charge on any atom is 0.0576 e. The van der Waals surface area contributed by atoms with Crippen LogP contribution in [0.2, 0.25) is 0 Å². The van der Waals surface area contributed by atoms with Crippen LogP contribution in [-0.4, -0.2) is 24.8 Å². The average molecular weight is 225 g/mol. The molecule has 0 saturated heterocycles. The Labute approximate surface area is 100 Å². The summed E-state index contributed by atoms with van der Waals surface area (Å²) in [5.74, 6) is 0. The van der Waals surface area contributed by atoms with E-state index in [1.54, 1.807) is 0 Å². The van der Waals surface area contributed by atoms with Crippen molar-refractivity contribution in [2.45, 2.75) is 82.9 Å². The van der Waals surface area contributed by atoms with E-state index in [0.717, 1.165) is 18.7 Å². The van der Waals surface area contributed by atoms with Crippen LogP contribution in [0.4, 0.5) is 0 Å². The van der Waals surface area contributed by atoms with E-state index in [4.69, 9.17) is 4.74 Å². The SMILES string of the molecule is CCOC1CCC(NC2CCCCC2)CC1. The first kappa shape index (κ1) is 12.4. The van der Waals surface area contributed by atoms with Gasteiger partial charge < -0.3 is 10.1 Å². The third-order valence-corrected chi connectivity index (χ3v) is 4.15. The number of rotatable bonds is 4. The van der Waals surface area contributed by atoms with Crippen molar-refractivity contribution in [3.63, 3.8) is 0 Å². The number of hydrogen-bond acceptors (Lipinski definition) is 2. The summed E-state index contributed by atoms with van der Waals surface area (Å²) < 4.78 is 5.69.